The smallest absolute Gasteiger partial charge is 0.205 e. The van der Waals surface area contributed by atoms with Crippen molar-refractivity contribution in [2.24, 2.45) is 0 Å². The molecule has 2 heterocycles. The summed E-state index contributed by atoms with van der Waals surface area (Å²) in [6.07, 6.45) is 1.10. The first-order valence-electron chi connectivity index (χ1n) is 10.3. The molecule has 0 bridgehead atoms. The molecule has 0 atom stereocenters. The summed E-state index contributed by atoms with van der Waals surface area (Å²) in [5, 5.41) is 2.71. The molecule has 1 fully saturated rings. The van der Waals surface area contributed by atoms with Crippen molar-refractivity contribution in [1.82, 2.24) is 4.98 Å². The molecule has 0 radical (unpaired) electrons. The molecule has 1 N–H and O–H groups in total. The lowest BCUT2D eigenvalue weighted by Gasteiger charge is -2.28. The van der Waals surface area contributed by atoms with Crippen LogP contribution in [-0.2, 0) is 14.6 Å². The molecule has 34 heavy (non-hydrogen) atoms. The van der Waals surface area contributed by atoms with E-state index in [1.165, 1.54) is 12.1 Å². The molecule has 3 aromatic rings. The van der Waals surface area contributed by atoms with Crippen molar-refractivity contribution in [3.63, 3.8) is 0 Å². The maximum atomic E-state index is 14.6. The number of aromatic nitrogens is 1. The second-order valence-corrected chi connectivity index (χ2v) is 9.71. The number of rotatable bonds is 6. The number of benzene rings is 2. The number of pyridine rings is 1. The van der Waals surface area contributed by atoms with Gasteiger partial charge in [0.1, 0.15) is 5.82 Å². The third-order valence-electron chi connectivity index (χ3n) is 5.30. The Balaban J connectivity index is 1.81. The van der Waals surface area contributed by atoms with E-state index in [0.717, 1.165) is 19.4 Å². The highest BCUT2D eigenvalue weighted by Gasteiger charge is 2.21. The van der Waals surface area contributed by atoms with Crippen LogP contribution in [0.15, 0.2) is 47.4 Å². The van der Waals surface area contributed by atoms with E-state index >= 15 is 0 Å². The van der Waals surface area contributed by atoms with Crippen LogP contribution in [0.1, 0.15) is 0 Å². The maximum absolute atomic E-state index is 14.6. The number of nitrogens with one attached hydrogen (secondary N) is 1. The molecule has 0 aliphatic carbocycles. The minimum absolute atomic E-state index is 0.114. The lowest BCUT2D eigenvalue weighted by Crippen LogP contribution is -2.36. The Morgan fingerprint density at radius 3 is 2.47 bits per heavy atom. The Hall–Kier alpha value is -3.31. The van der Waals surface area contributed by atoms with E-state index in [-0.39, 0.29) is 4.90 Å². The van der Waals surface area contributed by atoms with Crippen LogP contribution in [0.5, 0.6) is 5.75 Å². The third-order valence-corrected chi connectivity index (χ3v) is 6.41. The van der Waals surface area contributed by atoms with E-state index < -0.39 is 38.7 Å². The topological polar surface area (TPSA) is 80.8 Å². The van der Waals surface area contributed by atoms with Crippen LogP contribution in [0.2, 0.25) is 0 Å². The standard InChI is InChI=1S/C23H22F3N3O4S/c1-32-23-17(24)13-19(21(25)22(23)26)27-15-11-18(14-4-3-5-16(10-14)34(2,30)31)28-20(12-15)29-6-8-33-9-7-29/h3-5,10-13H,6-9H2,1-2H3,(H,27,28). The summed E-state index contributed by atoms with van der Waals surface area (Å²) in [7, 11) is -2.42. The number of methoxy groups -OCH3 is 1. The Labute approximate surface area is 195 Å². The number of hydrogen-bond acceptors (Lipinski definition) is 7. The number of morpholine rings is 1. The molecule has 180 valence electrons. The van der Waals surface area contributed by atoms with Crippen LogP contribution < -0.4 is 15.0 Å². The number of halogens is 3. The van der Waals surface area contributed by atoms with Crippen molar-refractivity contribution < 1.29 is 31.1 Å². The largest absolute Gasteiger partial charge is 0.491 e. The van der Waals surface area contributed by atoms with E-state index in [9.17, 15) is 21.6 Å². The maximum Gasteiger partial charge on any atom is 0.205 e. The van der Waals surface area contributed by atoms with Gasteiger partial charge >= 0.3 is 0 Å². The van der Waals surface area contributed by atoms with Gasteiger partial charge in [-0.2, -0.15) is 4.39 Å². The first-order valence-corrected chi connectivity index (χ1v) is 12.2. The second kappa shape index (κ2) is 9.51. The quantitative estimate of drug-likeness (QED) is 0.517. The second-order valence-electron chi connectivity index (χ2n) is 7.69. The first kappa shape index (κ1) is 23.8. The molecule has 0 saturated carbocycles. The Kier molecular flexibility index (Phi) is 6.67. The van der Waals surface area contributed by atoms with E-state index in [1.807, 2.05) is 4.90 Å². The average Bonchev–Trinajstić information content (AvgIpc) is 2.82. The van der Waals surface area contributed by atoms with Crippen molar-refractivity contribution in [2.75, 3.05) is 49.9 Å². The molecular formula is C23H22F3N3O4S. The SMILES string of the molecule is COc1c(F)cc(Nc2cc(-c3cccc(S(C)(=O)=O)c3)nc(N3CCOCC3)c2)c(F)c1F. The highest BCUT2D eigenvalue weighted by molar-refractivity contribution is 7.90. The monoisotopic (exact) mass is 493 g/mol. The normalized spacial score (nSPS) is 14.2. The molecule has 4 rings (SSSR count). The molecule has 11 heteroatoms. The van der Waals surface area contributed by atoms with Crippen LogP contribution in [-0.4, -0.2) is 53.1 Å². The lowest BCUT2D eigenvalue weighted by atomic mass is 10.1. The minimum Gasteiger partial charge on any atom is -0.491 e. The summed E-state index contributed by atoms with van der Waals surface area (Å²) in [6.45, 7) is 2.09. The van der Waals surface area contributed by atoms with Gasteiger partial charge in [0.2, 0.25) is 5.82 Å². The molecule has 1 aliphatic rings. The van der Waals surface area contributed by atoms with Crippen LogP contribution in [0.3, 0.4) is 0 Å². The van der Waals surface area contributed by atoms with E-state index in [0.29, 0.717) is 49.1 Å². The summed E-state index contributed by atoms with van der Waals surface area (Å²) in [6, 6.07) is 10.2. The molecule has 1 aromatic heterocycles. The Morgan fingerprint density at radius 2 is 1.79 bits per heavy atom. The van der Waals surface area contributed by atoms with Crippen molar-refractivity contribution >= 4 is 27.0 Å². The Morgan fingerprint density at radius 1 is 1.06 bits per heavy atom. The predicted octanol–water partition coefficient (Wildman–Crippen LogP) is 4.16. The van der Waals surface area contributed by atoms with Gasteiger partial charge in [0.05, 0.1) is 36.6 Å². The first-order chi connectivity index (χ1) is 16.2. The summed E-state index contributed by atoms with van der Waals surface area (Å²) in [4.78, 5) is 6.71. The van der Waals surface area contributed by atoms with Gasteiger partial charge in [-0.25, -0.2) is 22.2 Å². The summed E-state index contributed by atoms with van der Waals surface area (Å²) in [5.74, 6) is -4.11. The van der Waals surface area contributed by atoms with E-state index in [2.05, 4.69) is 15.0 Å². The summed E-state index contributed by atoms with van der Waals surface area (Å²) >= 11 is 0. The van der Waals surface area contributed by atoms with Crippen LogP contribution in [0.4, 0.5) is 30.4 Å². The number of ether oxygens (including phenoxy) is 2. The van der Waals surface area contributed by atoms with E-state index in [4.69, 9.17) is 4.74 Å². The molecule has 0 amide bonds. The fourth-order valence-electron chi connectivity index (χ4n) is 3.59. The van der Waals surface area contributed by atoms with Gasteiger partial charge < -0.3 is 19.7 Å². The molecular weight excluding hydrogens is 471 g/mol. The average molecular weight is 494 g/mol. The highest BCUT2D eigenvalue weighted by atomic mass is 32.2. The highest BCUT2D eigenvalue weighted by Crippen LogP contribution is 2.33. The number of sulfone groups is 1. The molecule has 1 aliphatic heterocycles. The van der Waals surface area contributed by atoms with Crippen LogP contribution in [0, 0.1) is 17.5 Å². The summed E-state index contributed by atoms with van der Waals surface area (Å²) in [5.41, 5.74) is 0.783. The molecule has 7 nitrogen and oxygen atoms in total. The summed E-state index contributed by atoms with van der Waals surface area (Å²) < 4.78 is 77.0. The zero-order valence-electron chi connectivity index (χ0n) is 18.4. The van der Waals surface area contributed by atoms with Crippen molar-refractivity contribution in [3.05, 3.63) is 59.9 Å². The van der Waals surface area contributed by atoms with Gasteiger partial charge in [-0.15, -0.1) is 0 Å². The molecule has 1 saturated heterocycles. The molecule has 2 aromatic carbocycles. The third kappa shape index (κ3) is 4.95. The van der Waals surface area contributed by atoms with Crippen LogP contribution in [0.25, 0.3) is 11.3 Å². The fourth-order valence-corrected chi connectivity index (χ4v) is 4.26. The van der Waals surface area contributed by atoms with Gasteiger partial charge in [0.25, 0.3) is 0 Å². The fraction of sp³-hybridized carbons (Fsp3) is 0.261. The lowest BCUT2D eigenvalue weighted by molar-refractivity contribution is 0.122. The van der Waals surface area contributed by atoms with Gasteiger partial charge in [0.15, 0.2) is 27.2 Å². The Bertz CT molecular complexity index is 1330. The van der Waals surface area contributed by atoms with Crippen molar-refractivity contribution in [3.8, 4) is 17.0 Å². The predicted molar refractivity (Wildman–Crippen MR) is 122 cm³/mol. The zero-order valence-corrected chi connectivity index (χ0v) is 19.3. The van der Waals surface area contributed by atoms with E-state index in [1.54, 1.807) is 24.3 Å². The van der Waals surface area contributed by atoms with Gasteiger partial charge in [-0.3, -0.25) is 0 Å². The van der Waals surface area contributed by atoms with Crippen LogP contribution >= 0.6 is 0 Å². The number of nitrogens with zero attached hydrogens (tertiary/aromatic N) is 2. The minimum atomic E-state index is -3.46. The van der Waals surface area contributed by atoms with Gasteiger partial charge in [0, 0.05) is 42.7 Å². The van der Waals surface area contributed by atoms with Gasteiger partial charge in [-0.05, 0) is 18.2 Å². The zero-order chi connectivity index (χ0) is 24.5. The number of anilines is 3. The molecule has 0 unspecified atom stereocenters. The molecule has 0 spiro atoms. The number of hydrogen-bond donors (Lipinski definition) is 1. The van der Waals surface area contributed by atoms with Gasteiger partial charge in [-0.1, -0.05) is 12.1 Å². The van der Waals surface area contributed by atoms with Crippen molar-refractivity contribution in [1.29, 1.82) is 0 Å². The van der Waals surface area contributed by atoms with Crippen molar-refractivity contribution in [2.45, 2.75) is 4.90 Å².